The molecule has 2 heterocycles. The van der Waals surface area contributed by atoms with Crippen molar-refractivity contribution in [3.05, 3.63) is 47.3 Å². The van der Waals surface area contributed by atoms with Crippen molar-refractivity contribution >= 4 is 23.2 Å². The Labute approximate surface area is 131 Å². The van der Waals surface area contributed by atoms with Gasteiger partial charge in [0.25, 0.3) is 11.8 Å². The lowest BCUT2D eigenvalue weighted by atomic mass is 10.0. The number of aromatic amines is 1. The summed E-state index contributed by atoms with van der Waals surface area (Å²) in [5.41, 5.74) is 7.19. The van der Waals surface area contributed by atoms with Crippen LogP contribution in [0.2, 0.25) is 0 Å². The second-order valence-electron chi connectivity index (χ2n) is 5.14. The maximum atomic E-state index is 12.3. The third-order valence-corrected chi connectivity index (χ3v) is 3.52. The van der Waals surface area contributed by atoms with E-state index in [1.165, 1.54) is 0 Å². The summed E-state index contributed by atoms with van der Waals surface area (Å²) < 4.78 is 0. The average Bonchev–Trinajstić information content (AvgIpc) is 3.16. The molecule has 23 heavy (non-hydrogen) atoms. The lowest BCUT2D eigenvalue weighted by Crippen LogP contribution is -2.24. The number of anilines is 1. The summed E-state index contributed by atoms with van der Waals surface area (Å²) in [6, 6.07) is 9.51. The van der Waals surface area contributed by atoms with Crippen LogP contribution < -0.4 is 11.1 Å². The summed E-state index contributed by atoms with van der Waals surface area (Å²) in [5, 5.41) is 12.8. The fraction of sp³-hybridized carbons (Fsp3) is 0.200. The van der Waals surface area contributed by atoms with Gasteiger partial charge in [-0.3, -0.25) is 14.7 Å². The van der Waals surface area contributed by atoms with Crippen molar-refractivity contribution in [2.24, 2.45) is 10.9 Å². The van der Waals surface area contributed by atoms with Crippen molar-refractivity contribution in [1.82, 2.24) is 10.2 Å². The van der Waals surface area contributed by atoms with Crippen LogP contribution in [0.3, 0.4) is 0 Å². The number of hydrogen-bond acceptors (Lipinski definition) is 5. The Kier molecular flexibility index (Phi) is 3.80. The molecule has 0 aliphatic carbocycles. The highest BCUT2D eigenvalue weighted by Gasteiger charge is 2.28. The van der Waals surface area contributed by atoms with Gasteiger partial charge in [-0.25, -0.2) is 0 Å². The molecular formula is C15H15N5O3. The van der Waals surface area contributed by atoms with E-state index < -0.39 is 11.8 Å². The lowest BCUT2D eigenvalue weighted by Gasteiger charge is -2.07. The van der Waals surface area contributed by atoms with Crippen molar-refractivity contribution < 1.29 is 14.4 Å². The number of benzene rings is 1. The number of nitrogens with one attached hydrogen (secondary N) is 2. The molecule has 2 aromatic rings. The number of oxime groups is 1. The van der Waals surface area contributed by atoms with Gasteiger partial charge in [-0.15, -0.1) is 0 Å². The van der Waals surface area contributed by atoms with E-state index in [2.05, 4.69) is 20.7 Å². The highest BCUT2D eigenvalue weighted by molar-refractivity contribution is 6.43. The number of H-pyrrole nitrogens is 1. The number of nitrogens with zero attached hydrogens (tertiary/aromatic N) is 2. The van der Waals surface area contributed by atoms with Crippen molar-refractivity contribution in [1.29, 1.82) is 0 Å². The van der Waals surface area contributed by atoms with E-state index in [1.54, 1.807) is 6.92 Å². The molecular weight excluding hydrogens is 298 g/mol. The molecule has 0 bridgehead atoms. The van der Waals surface area contributed by atoms with Crippen LogP contribution in [0.25, 0.3) is 0 Å². The maximum absolute atomic E-state index is 12.3. The Bertz CT molecular complexity index is 782. The SMILES string of the molecule is Cc1[nH]nc(C(N)=O)c1NC(=O)C1=NO[C@@H](c2ccccc2)C1. The van der Waals surface area contributed by atoms with E-state index in [9.17, 15) is 9.59 Å². The van der Waals surface area contributed by atoms with Gasteiger partial charge in [-0.2, -0.15) is 5.10 Å². The third kappa shape index (κ3) is 2.91. The second kappa shape index (κ2) is 5.91. The molecule has 1 aliphatic heterocycles. The van der Waals surface area contributed by atoms with Gasteiger partial charge in [0.1, 0.15) is 5.71 Å². The van der Waals surface area contributed by atoms with E-state index in [0.29, 0.717) is 12.1 Å². The molecule has 1 atom stereocenters. The number of hydrogen-bond donors (Lipinski definition) is 3. The molecule has 118 valence electrons. The summed E-state index contributed by atoms with van der Waals surface area (Å²) in [7, 11) is 0. The molecule has 0 spiro atoms. The maximum Gasteiger partial charge on any atom is 0.273 e. The topological polar surface area (TPSA) is 122 Å². The number of rotatable bonds is 4. The zero-order valence-corrected chi connectivity index (χ0v) is 12.4. The van der Waals surface area contributed by atoms with Gasteiger partial charge < -0.3 is 15.9 Å². The van der Waals surface area contributed by atoms with Crippen LogP contribution in [0.4, 0.5) is 5.69 Å². The first-order valence-electron chi connectivity index (χ1n) is 7.00. The van der Waals surface area contributed by atoms with Gasteiger partial charge >= 0.3 is 0 Å². The molecule has 0 fully saturated rings. The number of primary amides is 1. The van der Waals surface area contributed by atoms with Crippen LogP contribution in [-0.2, 0) is 9.63 Å². The Hall–Kier alpha value is -3.16. The van der Waals surface area contributed by atoms with Crippen molar-refractivity contribution in [3.8, 4) is 0 Å². The van der Waals surface area contributed by atoms with Crippen LogP contribution in [0, 0.1) is 6.92 Å². The third-order valence-electron chi connectivity index (χ3n) is 3.52. The first kappa shape index (κ1) is 14.8. The first-order valence-corrected chi connectivity index (χ1v) is 7.00. The Morgan fingerprint density at radius 1 is 1.35 bits per heavy atom. The van der Waals surface area contributed by atoms with Gasteiger partial charge in [0, 0.05) is 6.42 Å². The molecule has 4 N–H and O–H groups in total. The minimum atomic E-state index is -0.726. The Morgan fingerprint density at radius 3 is 2.78 bits per heavy atom. The number of aryl methyl sites for hydroxylation is 1. The second-order valence-corrected chi connectivity index (χ2v) is 5.14. The molecule has 3 rings (SSSR count). The monoisotopic (exact) mass is 313 g/mol. The predicted octanol–water partition coefficient (Wildman–Crippen LogP) is 1.27. The molecule has 1 aromatic heterocycles. The largest absolute Gasteiger partial charge is 0.387 e. The summed E-state index contributed by atoms with van der Waals surface area (Å²) in [5.74, 6) is -1.17. The van der Waals surface area contributed by atoms with E-state index in [0.717, 1.165) is 5.56 Å². The Morgan fingerprint density at radius 2 is 2.09 bits per heavy atom. The molecule has 0 saturated heterocycles. The quantitative estimate of drug-likeness (QED) is 0.786. The molecule has 8 heteroatoms. The number of carbonyl (C=O) groups is 2. The molecule has 0 saturated carbocycles. The number of nitrogens with two attached hydrogens (primary N) is 1. The summed E-state index contributed by atoms with van der Waals surface area (Å²) in [6.07, 6.45) is 0.0524. The first-order chi connectivity index (χ1) is 11.1. The summed E-state index contributed by atoms with van der Waals surface area (Å²) in [4.78, 5) is 28.9. The minimum absolute atomic E-state index is 0.0185. The summed E-state index contributed by atoms with van der Waals surface area (Å²) in [6.45, 7) is 1.68. The van der Waals surface area contributed by atoms with Gasteiger partial charge in [-0.05, 0) is 12.5 Å². The van der Waals surface area contributed by atoms with Crippen molar-refractivity contribution in [2.45, 2.75) is 19.4 Å². The van der Waals surface area contributed by atoms with Crippen LogP contribution >= 0.6 is 0 Å². The van der Waals surface area contributed by atoms with E-state index in [4.69, 9.17) is 10.6 Å². The fourth-order valence-corrected chi connectivity index (χ4v) is 2.30. The molecule has 0 radical (unpaired) electrons. The minimum Gasteiger partial charge on any atom is -0.387 e. The highest BCUT2D eigenvalue weighted by atomic mass is 16.6. The van der Waals surface area contributed by atoms with Gasteiger partial charge in [-0.1, -0.05) is 35.5 Å². The molecule has 1 aromatic carbocycles. The lowest BCUT2D eigenvalue weighted by molar-refractivity contribution is -0.110. The van der Waals surface area contributed by atoms with E-state index >= 15 is 0 Å². The normalized spacial score (nSPS) is 16.6. The standard InChI is InChI=1S/C15H15N5O3/c1-8-12(13(14(16)21)19-18-8)17-15(22)10-7-11(23-20-10)9-5-3-2-4-6-9/h2-6,11H,7H2,1H3,(H2,16,21)(H,17,22)(H,18,19)/t11-/m1/s1. The zero-order valence-electron chi connectivity index (χ0n) is 12.4. The van der Waals surface area contributed by atoms with Gasteiger partial charge in [0.2, 0.25) is 0 Å². The summed E-state index contributed by atoms with van der Waals surface area (Å²) >= 11 is 0. The van der Waals surface area contributed by atoms with Crippen LogP contribution in [0.5, 0.6) is 0 Å². The van der Waals surface area contributed by atoms with Crippen LogP contribution in [-0.4, -0.2) is 27.7 Å². The van der Waals surface area contributed by atoms with Gasteiger partial charge in [0.15, 0.2) is 11.8 Å². The molecule has 8 nitrogen and oxygen atoms in total. The predicted molar refractivity (Wildman–Crippen MR) is 82.8 cm³/mol. The fourth-order valence-electron chi connectivity index (χ4n) is 2.30. The van der Waals surface area contributed by atoms with E-state index in [-0.39, 0.29) is 23.2 Å². The zero-order chi connectivity index (χ0) is 16.4. The van der Waals surface area contributed by atoms with E-state index in [1.807, 2.05) is 30.3 Å². The van der Waals surface area contributed by atoms with Crippen LogP contribution in [0.1, 0.15) is 34.3 Å². The molecule has 1 aliphatic rings. The number of carbonyl (C=O) groups excluding carboxylic acids is 2. The highest BCUT2D eigenvalue weighted by Crippen LogP contribution is 2.27. The smallest absolute Gasteiger partial charge is 0.273 e. The average molecular weight is 313 g/mol. The molecule has 0 unspecified atom stereocenters. The molecule has 2 amide bonds. The van der Waals surface area contributed by atoms with Crippen molar-refractivity contribution in [3.63, 3.8) is 0 Å². The number of aromatic nitrogens is 2. The number of amides is 2. The van der Waals surface area contributed by atoms with Crippen molar-refractivity contribution in [2.75, 3.05) is 5.32 Å². The Balaban J connectivity index is 1.71. The van der Waals surface area contributed by atoms with Crippen LogP contribution in [0.15, 0.2) is 35.5 Å². The van der Waals surface area contributed by atoms with Gasteiger partial charge in [0.05, 0.1) is 11.4 Å².